The number of hydrogen-bond donors (Lipinski definition) is 0. The van der Waals surface area contributed by atoms with Gasteiger partial charge in [-0.05, 0) is 59.4 Å². The fraction of sp³-hybridized carbons (Fsp3) is 0.300. The van der Waals surface area contributed by atoms with Gasteiger partial charge < -0.3 is 0 Å². The van der Waals surface area contributed by atoms with Crippen LogP contribution in [0.1, 0.15) is 29.5 Å². The minimum atomic E-state index is -4.54. The summed E-state index contributed by atoms with van der Waals surface area (Å²) in [6.45, 7) is 0. The molecule has 29 heavy (non-hydrogen) atoms. The Morgan fingerprint density at radius 2 is 1.17 bits per heavy atom. The molecule has 2 aromatic rings. The average Bonchev–Trinajstić information content (AvgIpc) is 3.06. The molecule has 0 N–H and O–H groups in total. The Hall–Kier alpha value is -2.29. The van der Waals surface area contributed by atoms with Gasteiger partial charge in [-0.2, -0.15) is 26.3 Å². The standard InChI is InChI=1S/C20H16F6O2S/c1-29(27,28)16-8-4-13(5-9-16)18-11-15(20(24,25)26)10-17(18)12-2-6-14(7-3-12)19(21,22)23/h2-9,15H,10-11H2,1H3. The molecule has 1 atom stereocenters. The summed E-state index contributed by atoms with van der Waals surface area (Å²) >= 11 is 0. The summed E-state index contributed by atoms with van der Waals surface area (Å²) in [5.41, 5.74) is 0.484. The molecule has 0 radical (unpaired) electrons. The van der Waals surface area contributed by atoms with E-state index < -0.39 is 33.7 Å². The number of sulfone groups is 1. The van der Waals surface area contributed by atoms with E-state index in [1.807, 2.05) is 0 Å². The summed E-state index contributed by atoms with van der Waals surface area (Å²) in [7, 11) is -3.46. The predicted octanol–water partition coefficient (Wildman–Crippen LogP) is 5.99. The second kappa shape index (κ2) is 7.19. The third-order valence-corrected chi connectivity index (χ3v) is 6.05. The van der Waals surface area contributed by atoms with Gasteiger partial charge in [-0.15, -0.1) is 0 Å². The van der Waals surface area contributed by atoms with E-state index in [0.29, 0.717) is 16.7 Å². The monoisotopic (exact) mass is 434 g/mol. The number of allylic oxidation sites excluding steroid dienone is 2. The van der Waals surface area contributed by atoms with Crippen LogP contribution in [0.4, 0.5) is 26.3 Å². The minimum absolute atomic E-state index is 0.0308. The Labute approximate surface area is 163 Å². The van der Waals surface area contributed by atoms with E-state index in [1.165, 1.54) is 36.4 Å². The molecule has 156 valence electrons. The van der Waals surface area contributed by atoms with Crippen LogP contribution in [-0.4, -0.2) is 20.8 Å². The third-order valence-electron chi connectivity index (χ3n) is 4.92. The van der Waals surface area contributed by atoms with Gasteiger partial charge >= 0.3 is 12.4 Å². The number of halogens is 6. The molecule has 1 unspecified atom stereocenters. The van der Waals surface area contributed by atoms with E-state index >= 15 is 0 Å². The van der Waals surface area contributed by atoms with Crippen molar-refractivity contribution in [3.05, 3.63) is 65.2 Å². The summed E-state index contributed by atoms with van der Waals surface area (Å²) in [5, 5.41) is 0. The van der Waals surface area contributed by atoms with E-state index in [9.17, 15) is 34.8 Å². The van der Waals surface area contributed by atoms with E-state index in [4.69, 9.17) is 0 Å². The highest BCUT2D eigenvalue weighted by atomic mass is 32.2. The third kappa shape index (κ3) is 4.66. The van der Waals surface area contributed by atoms with Crippen molar-refractivity contribution in [3.8, 4) is 0 Å². The van der Waals surface area contributed by atoms with E-state index in [2.05, 4.69) is 0 Å². The lowest BCUT2D eigenvalue weighted by Crippen LogP contribution is -2.20. The Bertz CT molecular complexity index is 1030. The van der Waals surface area contributed by atoms with Crippen LogP contribution in [-0.2, 0) is 16.0 Å². The number of rotatable bonds is 3. The van der Waals surface area contributed by atoms with Crippen molar-refractivity contribution in [3.63, 3.8) is 0 Å². The molecule has 3 rings (SSSR count). The molecule has 0 fully saturated rings. The zero-order valence-corrected chi connectivity index (χ0v) is 15.9. The molecule has 2 nitrogen and oxygen atoms in total. The van der Waals surface area contributed by atoms with Crippen LogP contribution in [0.2, 0.25) is 0 Å². The molecule has 0 aliphatic heterocycles. The molecule has 0 bridgehead atoms. The minimum Gasteiger partial charge on any atom is -0.224 e. The smallest absolute Gasteiger partial charge is 0.224 e. The molecular weight excluding hydrogens is 418 g/mol. The molecule has 0 spiro atoms. The largest absolute Gasteiger partial charge is 0.416 e. The molecule has 2 aromatic carbocycles. The zero-order valence-electron chi connectivity index (χ0n) is 15.1. The number of alkyl halides is 6. The van der Waals surface area contributed by atoms with Crippen LogP contribution in [0, 0.1) is 5.92 Å². The van der Waals surface area contributed by atoms with Gasteiger partial charge in [-0.3, -0.25) is 0 Å². The molecular formula is C20H16F6O2S. The maximum atomic E-state index is 13.3. The van der Waals surface area contributed by atoms with Gasteiger partial charge in [0.05, 0.1) is 16.4 Å². The van der Waals surface area contributed by atoms with Crippen molar-refractivity contribution >= 4 is 21.0 Å². The van der Waals surface area contributed by atoms with Crippen molar-refractivity contribution in [1.82, 2.24) is 0 Å². The van der Waals surface area contributed by atoms with E-state index in [-0.39, 0.29) is 23.3 Å². The first-order valence-corrected chi connectivity index (χ1v) is 10.4. The molecule has 0 heterocycles. The molecule has 0 aromatic heterocycles. The lowest BCUT2D eigenvalue weighted by molar-refractivity contribution is -0.170. The quantitative estimate of drug-likeness (QED) is 0.556. The van der Waals surface area contributed by atoms with Crippen molar-refractivity contribution in [1.29, 1.82) is 0 Å². The topological polar surface area (TPSA) is 34.1 Å². The fourth-order valence-electron chi connectivity index (χ4n) is 3.39. The maximum Gasteiger partial charge on any atom is 0.416 e. The normalized spacial score (nSPS) is 18.4. The predicted molar refractivity (Wildman–Crippen MR) is 96.6 cm³/mol. The summed E-state index contributed by atoms with van der Waals surface area (Å²) < 4.78 is 102. The van der Waals surface area contributed by atoms with Crippen LogP contribution in [0.15, 0.2) is 53.4 Å². The van der Waals surface area contributed by atoms with Crippen molar-refractivity contribution in [2.24, 2.45) is 5.92 Å². The molecule has 9 heteroatoms. The summed E-state index contributed by atoms with van der Waals surface area (Å²) in [4.78, 5) is 0.0308. The lowest BCUT2D eigenvalue weighted by atomic mass is 9.96. The summed E-state index contributed by atoms with van der Waals surface area (Å²) in [6, 6.07) is 9.49. The highest BCUT2D eigenvalue weighted by Crippen LogP contribution is 2.49. The van der Waals surface area contributed by atoms with Crippen LogP contribution in [0.3, 0.4) is 0 Å². The van der Waals surface area contributed by atoms with Crippen molar-refractivity contribution in [2.45, 2.75) is 30.1 Å². The van der Waals surface area contributed by atoms with Gasteiger partial charge in [0.25, 0.3) is 0 Å². The molecule has 1 aliphatic carbocycles. The Morgan fingerprint density at radius 1 is 0.759 bits per heavy atom. The maximum absolute atomic E-state index is 13.3. The van der Waals surface area contributed by atoms with E-state index in [1.54, 1.807) is 0 Å². The first-order chi connectivity index (χ1) is 13.3. The highest BCUT2D eigenvalue weighted by Gasteiger charge is 2.44. The first kappa shape index (κ1) is 21.4. The lowest BCUT2D eigenvalue weighted by Gasteiger charge is -2.14. The number of hydrogen-bond acceptors (Lipinski definition) is 2. The van der Waals surface area contributed by atoms with Gasteiger partial charge in [-0.25, -0.2) is 8.42 Å². The second-order valence-electron chi connectivity index (χ2n) is 6.98. The molecule has 1 aliphatic rings. The molecule has 0 saturated carbocycles. The average molecular weight is 434 g/mol. The van der Waals surface area contributed by atoms with Crippen LogP contribution in [0.5, 0.6) is 0 Å². The summed E-state index contributed by atoms with van der Waals surface area (Å²) in [6.07, 6.45) is -8.65. The summed E-state index contributed by atoms with van der Waals surface area (Å²) in [5.74, 6) is -1.65. The van der Waals surface area contributed by atoms with Gasteiger partial charge in [0.1, 0.15) is 0 Å². The Kier molecular flexibility index (Phi) is 5.31. The van der Waals surface area contributed by atoms with Gasteiger partial charge in [0.15, 0.2) is 9.84 Å². The SMILES string of the molecule is CS(=O)(=O)c1ccc(C2=C(c3ccc(C(F)(F)F)cc3)CC(C(F)(F)F)C2)cc1. The van der Waals surface area contributed by atoms with Crippen molar-refractivity contribution < 1.29 is 34.8 Å². The Morgan fingerprint density at radius 3 is 1.52 bits per heavy atom. The zero-order chi connectivity index (χ0) is 21.6. The van der Waals surface area contributed by atoms with Gasteiger partial charge in [0.2, 0.25) is 0 Å². The van der Waals surface area contributed by atoms with Crippen LogP contribution < -0.4 is 0 Å². The van der Waals surface area contributed by atoms with Gasteiger partial charge in [0, 0.05) is 6.26 Å². The van der Waals surface area contributed by atoms with Crippen LogP contribution >= 0.6 is 0 Å². The number of benzene rings is 2. The van der Waals surface area contributed by atoms with E-state index in [0.717, 1.165) is 18.4 Å². The van der Waals surface area contributed by atoms with Crippen LogP contribution in [0.25, 0.3) is 11.1 Å². The van der Waals surface area contributed by atoms with Gasteiger partial charge in [-0.1, -0.05) is 24.3 Å². The first-order valence-electron chi connectivity index (χ1n) is 8.53. The Balaban J connectivity index is 2.05. The highest BCUT2D eigenvalue weighted by molar-refractivity contribution is 7.90. The molecule has 0 saturated heterocycles. The second-order valence-corrected chi connectivity index (χ2v) is 8.99. The molecule has 0 amide bonds. The van der Waals surface area contributed by atoms with Crippen molar-refractivity contribution in [2.75, 3.05) is 6.26 Å². The fourth-order valence-corrected chi connectivity index (χ4v) is 4.02.